The van der Waals surface area contributed by atoms with Crippen molar-refractivity contribution in [3.05, 3.63) is 21.1 Å². The molecular formula is C9H8N2O2S2. The fraction of sp³-hybridized carbons (Fsp3) is 0.222. The maximum atomic E-state index is 10.7. The molecule has 0 saturated carbocycles. The molecule has 0 unspecified atom stereocenters. The Labute approximate surface area is 94.3 Å². The van der Waals surface area contributed by atoms with Gasteiger partial charge in [-0.25, -0.2) is 14.8 Å². The van der Waals surface area contributed by atoms with E-state index in [1.807, 2.05) is 13.8 Å². The fourth-order valence-corrected chi connectivity index (χ4v) is 2.85. The van der Waals surface area contributed by atoms with Gasteiger partial charge in [-0.2, -0.15) is 0 Å². The number of hydrogen-bond donors (Lipinski definition) is 1. The number of hydrogen-bond acceptors (Lipinski definition) is 5. The summed E-state index contributed by atoms with van der Waals surface area (Å²) in [6.45, 7) is 3.82. The van der Waals surface area contributed by atoms with Gasteiger partial charge < -0.3 is 5.11 Å². The van der Waals surface area contributed by atoms with Crippen molar-refractivity contribution in [1.82, 2.24) is 9.97 Å². The predicted molar refractivity (Wildman–Crippen MR) is 59.7 cm³/mol. The number of carboxylic acids is 1. The average molecular weight is 240 g/mol. The highest BCUT2D eigenvalue weighted by Crippen LogP contribution is 2.30. The van der Waals surface area contributed by atoms with Crippen LogP contribution in [0.4, 0.5) is 0 Å². The lowest BCUT2D eigenvalue weighted by atomic mass is 10.3. The van der Waals surface area contributed by atoms with E-state index in [9.17, 15) is 4.79 Å². The standard InChI is InChI=1S/C9H8N2O2S2/c1-4-7(15-5(2)10-4)6-3-14-8(11-6)9(12)13/h3H,1-2H3,(H,12,13). The van der Waals surface area contributed by atoms with Crippen molar-refractivity contribution in [3.8, 4) is 10.6 Å². The van der Waals surface area contributed by atoms with Crippen LogP contribution < -0.4 is 0 Å². The van der Waals surface area contributed by atoms with Gasteiger partial charge in [0.15, 0.2) is 0 Å². The Kier molecular flexibility index (Phi) is 2.54. The highest BCUT2D eigenvalue weighted by Gasteiger charge is 2.14. The van der Waals surface area contributed by atoms with Gasteiger partial charge in [0.05, 0.1) is 21.3 Å². The van der Waals surface area contributed by atoms with Crippen LogP contribution in [0.2, 0.25) is 0 Å². The molecule has 2 heterocycles. The molecule has 2 aromatic rings. The van der Waals surface area contributed by atoms with E-state index in [0.717, 1.165) is 26.9 Å². The van der Waals surface area contributed by atoms with E-state index in [1.165, 1.54) is 11.3 Å². The van der Waals surface area contributed by atoms with E-state index < -0.39 is 5.97 Å². The third-order valence-electron chi connectivity index (χ3n) is 1.82. The summed E-state index contributed by atoms with van der Waals surface area (Å²) in [7, 11) is 0. The molecule has 0 aromatic carbocycles. The van der Waals surface area contributed by atoms with Gasteiger partial charge in [-0.1, -0.05) is 0 Å². The van der Waals surface area contributed by atoms with Crippen molar-refractivity contribution in [2.24, 2.45) is 0 Å². The number of carboxylic acid groups (broad SMARTS) is 1. The van der Waals surface area contributed by atoms with E-state index in [4.69, 9.17) is 5.11 Å². The molecule has 0 aliphatic heterocycles. The lowest BCUT2D eigenvalue weighted by Crippen LogP contribution is -1.94. The highest BCUT2D eigenvalue weighted by atomic mass is 32.1. The van der Waals surface area contributed by atoms with Crippen LogP contribution in [0.25, 0.3) is 10.6 Å². The van der Waals surface area contributed by atoms with Crippen LogP contribution >= 0.6 is 22.7 Å². The molecule has 0 aliphatic rings. The zero-order valence-electron chi connectivity index (χ0n) is 8.14. The third-order valence-corrected chi connectivity index (χ3v) is 3.75. The first-order chi connectivity index (χ1) is 7.08. The van der Waals surface area contributed by atoms with Crippen molar-refractivity contribution in [2.75, 3.05) is 0 Å². The van der Waals surface area contributed by atoms with Crippen LogP contribution in [0.15, 0.2) is 5.38 Å². The summed E-state index contributed by atoms with van der Waals surface area (Å²) in [5, 5.41) is 11.6. The van der Waals surface area contributed by atoms with Crippen molar-refractivity contribution < 1.29 is 9.90 Å². The maximum Gasteiger partial charge on any atom is 0.365 e. The third kappa shape index (κ3) is 1.91. The van der Waals surface area contributed by atoms with Crippen LogP contribution in [0, 0.1) is 13.8 Å². The van der Waals surface area contributed by atoms with Crippen LogP contribution in [-0.4, -0.2) is 21.0 Å². The molecule has 2 aromatic heterocycles. The molecule has 0 spiro atoms. The molecule has 15 heavy (non-hydrogen) atoms. The Morgan fingerprint density at radius 3 is 2.60 bits per heavy atom. The van der Waals surface area contributed by atoms with E-state index >= 15 is 0 Å². The molecule has 0 bridgehead atoms. The van der Waals surface area contributed by atoms with Gasteiger partial charge in [-0.3, -0.25) is 0 Å². The normalized spacial score (nSPS) is 10.5. The summed E-state index contributed by atoms with van der Waals surface area (Å²) in [5.41, 5.74) is 1.61. The topological polar surface area (TPSA) is 63.1 Å². The van der Waals surface area contributed by atoms with E-state index in [2.05, 4.69) is 9.97 Å². The summed E-state index contributed by atoms with van der Waals surface area (Å²) in [6.07, 6.45) is 0. The van der Waals surface area contributed by atoms with Gasteiger partial charge in [0.25, 0.3) is 0 Å². The Hall–Kier alpha value is -1.27. The number of carbonyl (C=O) groups is 1. The minimum absolute atomic E-state index is 0.121. The number of nitrogens with zero attached hydrogens (tertiary/aromatic N) is 2. The van der Waals surface area contributed by atoms with Crippen LogP contribution in [0.3, 0.4) is 0 Å². The zero-order valence-corrected chi connectivity index (χ0v) is 9.78. The van der Waals surface area contributed by atoms with Gasteiger partial charge in [0.2, 0.25) is 5.01 Å². The van der Waals surface area contributed by atoms with Crippen molar-refractivity contribution >= 4 is 28.6 Å². The summed E-state index contributed by atoms with van der Waals surface area (Å²) >= 11 is 2.67. The Morgan fingerprint density at radius 1 is 1.40 bits per heavy atom. The molecule has 0 aliphatic carbocycles. The number of aromatic carboxylic acids is 1. The summed E-state index contributed by atoms with van der Waals surface area (Å²) in [4.78, 5) is 19.9. The van der Waals surface area contributed by atoms with Gasteiger partial charge in [0.1, 0.15) is 0 Å². The smallest absolute Gasteiger partial charge is 0.365 e. The maximum absolute atomic E-state index is 10.7. The lowest BCUT2D eigenvalue weighted by Gasteiger charge is -1.90. The Morgan fingerprint density at radius 2 is 2.13 bits per heavy atom. The molecule has 0 saturated heterocycles. The Bertz CT molecular complexity index is 516. The molecule has 0 fully saturated rings. The molecule has 4 nitrogen and oxygen atoms in total. The Balaban J connectivity index is 2.45. The molecule has 0 atom stereocenters. The summed E-state index contributed by atoms with van der Waals surface area (Å²) < 4.78 is 0. The first kappa shape index (κ1) is 10.3. The SMILES string of the molecule is Cc1nc(C)c(-c2csc(C(=O)O)n2)s1. The van der Waals surface area contributed by atoms with Crippen molar-refractivity contribution in [1.29, 1.82) is 0 Å². The predicted octanol–water partition coefficient (Wildman–Crippen LogP) is 2.58. The molecule has 78 valence electrons. The lowest BCUT2D eigenvalue weighted by molar-refractivity contribution is 0.0696. The largest absolute Gasteiger partial charge is 0.476 e. The second kappa shape index (κ2) is 3.71. The van der Waals surface area contributed by atoms with Crippen molar-refractivity contribution in [2.45, 2.75) is 13.8 Å². The highest BCUT2D eigenvalue weighted by molar-refractivity contribution is 7.16. The quantitative estimate of drug-likeness (QED) is 0.876. The van der Waals surface area contributed by atoms with Crippen LogP contribution in [0.1, 0.15) is 20.5 Å². The summed E-state index contributed by atoms with van der Waals surface area (Å²) in [5.74, 6) is -0.981. The monoisotopic (exact) mass is 240 g/mol. The zero-order chi connectivity index (χ0) is 11.0. The van der Waals surface area contributed by atoms with Crippen LogP contribution in [-0.2, 0) is 0 Å². The summed E-state index contributed by atoms with van der Waals surface area (Å²) in [6, 6.07) is 0. The number of rotatable bonds is 2. The minimum Gasteiger partial charge on any atom is -0.476 e. The molecule has 0 amide bonds. The number of aromatic nitrogens is 2. The molecular weight excluding hydrogens is 232 g/mol. The van der Waals surface area contributed by atoms with Gasteiger partial charge in [0, 0.05) is 5.38 Å². The second-order valence-corrected chi connectivity index (χ2v) is 5.05. The van der Waals surface area contributed by atoms with Crippen molar-refractivity contribution in [3.63, 3.8) is 0 Å². The molecule has 0 radical (unpaired) electrons. The van der Waals surface area contributed by atoms with Crippen LogP contribution in [0.5, 0.6) is 0 Å². The van der Waals surface area contributed by atoms with Gasteiger partial charge in [-0.05, 0) is 13.8 Å². The first-order valence-corrected chi connectivity index (χ1v) is 5.91. The minimum atomic E-state index is -0.981. The number of thiazole rings is 2. The van der Waals surface area contributed by atoms with Gasteiger partial charge >= 0.3 is 5.97 Å². The molecule has 6 heteroatoms. The molecule has 2 rings (SSSR count). The number of aryl methyl sites for hydroxylation is 2. The average Bonchev–Trinajstić information content (AvgIpc) is 2.71. The second-order valence-electron chi connectivity index (χ2n) is 2.99. The van der Waals surface area contributed by atoms with E-state index in [-0.39, 0.29) is 5.01 Å². The first-order valence-electron chi connectivity index (χ1n) is 4.21. The molecule has 1 N–H and O–H groups in total. The van der Waals surface area contributed by atoms with Gasteiger partial charge in [-0.15, -0.1) is 22.7 Å². The van der Waals surface area contributed by atoms with E-state index in [1.54, 1.807) is 5.38 Å². The van der Waals surface area contributed by atoms with E-state index in [0.29, 0.717) is 5.69 Å². The fourth-order valence-electron chi connectivity index (χ4n) is 1.25.